The van der Waals surface area contributed by atoms with Crippen LogP contribution in [-0.4, -0.2) is 11.2 Å². The van der Waals surface area contributed by atoms with Crippen LogP contribution in [0.3, 0.4) is 0 Å². The van der Waals surface area contributed by atoms with Gasteiger partial charge < -0.3 is 15.7 Å². The van der Waals surface area contributed by atoms with Crippen molar-refractivity contribution >= 4 is 51.5 Å². The second-order valence-electron chi connectivity index (χ2n) is 7.54. The third-order valence-corrected chi connectivity index (χ3v) is 5.78. The Bertz CT molecular complexity index is 1310. The fourth-order valence-corrected chi connectivity index (χ4v) is 4.25. The Labute approximate surface area is 177 Å². The number of H-pyrrole nitrogens is 1. The Balaban J connectivity index is 2.13. The minimum Gasteiger partial charge on any atom is -0.355 e. The smallest absolute Gasteiger partial charge is 0.0547 e. The molecule has 1 heterocycles. The number of aromatic nitrogens is 1. The van der Waals surface area contributed by atoms with Gasteiger partial charge in [-0.2, -0.15) is 0 Å². The number of aromatic amines is 1. The zero-order chi connectivity index (χ0) is 21.3. The standard InChI is InChI=1S/C27H27N3/c1-5-10-20-17(3)18(4)21(11-6-2)27-26(20)25-22(16-28)23(14-15-24(25)30-27)29-19-12-8-7-9-13-19/h5-16,28-30H,1-4H3/b10-5-,11-6-,28-16?. The molecule has 0 saturated carbocycles. The summed E-state index contributed by atoms with van der Waals surface area (Å²) in [7, 11) is 0. The minimum absolute atomic E-state index is 0.892. The summed E-state index contributed by atoms with van der Waals surface area (Å²) in [6.45, 7) is 8.47. The van der Waals surface area contributed by atoms with E-state index >= 15 is 0 Å². The quantitative estimate of drug-likeness (QED) is 0.298. The molecule has 0 aliphatic carbocycles. The first-order valence-corrected chi connectivity index (χ1v) is 10.3. The predicted octanol–water partition coefficient (Wildman–Crippen LogP) is 7.75. The Morgan fingerprint density at radius 1 is 0.800 bits per heavy atom. The van der Waals surface area contributed by atoms with Gasteiger partial charge in [0.2, 0.25) is 0 Å². The zero-order valence-corrected chi connectivity index (χ0v) is 17.9. The highest BCUT2D eigenvalue weighted by Crippen LogP contribution is 2.40. The molecule has 0 saturated heterocycles. The summed E-state index contributed by atoms with van der Waals surface area (Å²) < 4.78 is 0. The summed E-state index contributed by atoms with van der Waals surface area (Å²) in [5.74, 6) is 0. The van der Waals surface area contributed by atoms with Crippen LogP contribution < -0.4 is 5.32 Å². The van der Waals surface area contributed by atoms with Crippen molar-refractivity contribution in [3.05, 3.63) is 82.4 Å². The second kappa shape index (κ2) is 8.03. The molecule has 0 radical (unpaired) electrons. The van der Waals surface area contributed by atoms with E-state index in [1.807, 2.05) is 37.3 Å². The van der Waals surface area contributed by atoms with Gasteiger partial charge in [-0.15, -0.1) is 0 Å². The van der Waals surface area contributed by atoms with Crippen molar-refractivity contribution in [1.29, 1.82) is 5.41 Å². The Morgan fingerprint density at radius 2 is 1.47 bits per heavy atom. The van der Waals surface area contributed by atoms with E-state index in [-0.39, 0.29) is 0 Å². The third kappa shape index (κ3) is 3.13. The molecular formula is C27H27N3. The summed E-state index contributed by atoms with van der Waals surface area (Å²) in [4.78, 5) is 3.65. The van der Waals surface area contributed by atoms with E-state index in [9.17, 15) is 0 Å². The lowest BCUT2D eigenvalue weighted by Crippen LogP contribution is -1.97. The number of anilines is 2. The number of fused-ring (bicyclic) bond motifs is 3. The molecule has 0 unspecified atom stereocenters. The van der Waals surface area contributed by atoms with Crippen molar-refractivity contribution in [1.82, 2.24) is 4.98 Å². The lowest BCUT2D eigenvalue weighted by molar-refractivity contribution is 1.33. The molecular weight excluding hydrogens is 366 g/mol. The van der Waals surface area contributed by atoms with E-state index in [2.05, 4.69) is 67.5 Å². The fraction of sp³-hybridized carbons (Fsp3) is 0.148. The lowest BCUT2D eigenvalue weighted by Gasteiger charge is -2.14. The molecule has 0 bridgehead atoms. The highest BCUT2D eigenvalue weighted by Gasteiger charge is 2.19. The Morgan fingerprint density at radius 3 is 2.13 bits per heavy atom. The van der Waals surface area contributed by atoms with Crippen LogP contribution in [0.15, 0.2) is 54.6 Å². The molecule has 150 valence electrons. The Hall–Kier alpha value is -3.59. The SMILES string of the molecule is C/C=C\c1c(C)c(C)c(/C=C\C)c2c1[nH]c1ccc(Nc3ccccc3)c(C=N)c12. The van der Waals surface area contributed by atoms with Gasteiger partial charge >= 0.3 is 0 Å². The maximum absolute atomic E-state index is 8.24. The molecule has 0 aliphatic rings. The number of hydrogen-bond donors (Lipinski definition) is 3. The van der Waals surface area contributed by atoms with Gasteiger partial charge in [-0.25, -0.2) is 0 Å². The molecule has 3 nitrogen and oxygen atoms in total. The summed E-state index contributed by atoms with van der Waals surface area (Å²) in [6, 6.07) is 14.3. The van der Waals surface area contributed by atoms with Crippen LogP contribution in [0.5, 0.6) is 0 Å². The van der Waals surface area contributed by atoms with Gasteiger partial charge in [0.25, 0.3) is 0 Å². The molecule has 30 heavy (non-hydrogen) atoms. The summed E-state index contributed by atoms with van der Waals surface area (Å²) in [5, 5.41) is 14.0. The van der Waals surface area contributed by atoms with Crippen molar-refractivity contribution in [2.45, 2.75) is 27.7 Å². The maximum Gasteiger partial charge on any atom is 0.0547 e. The van der Waals surface area contributed by atoms with E-state index in [4.69, 9.17) is 5.41 Å². The van der Waals surface area contributed by atoms with Gasteiger partial charge in [-0.1, -0.05) is 42.5 Å². The van der Waals surface area contributed by atoms with Gasteiger partial charge in [0, 0.05) is 45.0 Å². The summed E-state index contributed by atoms with van der Waals surface area (Å²) in [5.41, 5.74) is 9.97. The van der Waals surface area contributed by atoms with Crippen LogP contribution in [0.1, 0.15) is 41.7 Å². The Kier molecular flexibility index (Phi) is 5.28. The monoisotopic (exact) mass is 393 g/mol. The van der Waals surface area contributed by atoms with Crippen LogP contribution >= 0.6 is 0 Å². The van der Waals surface area contributed by atoms with Crippen molar-refractivity contribution < 1.29 is 0 Å². The lowest BCUT2D eigenvalue weighted by atomic mass is 9.91. The number of allylic oxidation sites excluding steroid dienone is 2. The highest BCUT2D eigenvalue weighted by molar-refractivity contribution is 6.21. The van der Waals surface area contributed by atoms with E-state index in [0.29, 0.717) is 0 Å². The molecule has 0 fully saturated rings. The molecule has 1 aromatic heterocycles. The molecule has 3 aromatic carbocycles. The van der Waals surface area contributed by atoms with Crippen LogP contribution in [0, 0.1) is 19.3 Å². The van der Waals surface area contributed by atoms with Crippen LogP contribution in [-0.2, 0) is 0 Å². The maximum atomic E-state index is 8.24. The first-order chi connectivity index (χ1) is 14.6. The molecule has 0 spiro atoms. The van der Waals surface area contributed by atoms with Crippen molar-refractivity contribution in [3.8, 4) is 0 Å². The highest BCUT2D eigenvalue weighted by atomic mass is 14.9. The van der Waals surface area contributed by atoms with Gasteiger partial charge in [0.1, 0.15) is 0 Å². The van der Waals surface area contributed by atoms with E-state index in [1.54, 1.807) is 0 Å². The average Bonchev–Trinajstić information content (AvgIpc) is 3.14. The molecule has 0 atom stereocenters. The molecule has 4 aromatic rings. The van der Waals surface area contributed by atoms with Gasteiger partial charge in [-0.3, -0.25) is 0 Å². The number of nitrogens with one attached hydrogen (secondary N) is 3. The molecule has 0 amide bonds. The number of rotatable bonds is 5. The van der Waals surface area contributed by atoms with Gasteiger partial charge in [-0.05, 0) is 68.7 Å². The van der Waals surface area contributed by atoms with Crippen molar-refractivity contribution in [2.75, 3.05) is 5.32 Å². The van der Waals surface area contributed by atoms with Crippen molar-refractivity contribution in [3.63, 3.8) is 0 Å². The first-order valence-electron chi connectivity index (χ1n) is 10.3. The number of para-hydroxylation sites is 1. The van der Waals surface area contributed by atoms with Gasteiger partial charge in [0.15, 0.2) is 0 Å². The van der Waals surface area contributed by atoms with E-state index in [0.717, 1.165) is 33.4 Å². The normalized spacial score (nSPS) is 11.9. The molecule has 3 heteroatoms. The van der Waals surface area contributed by atoms with Crippen LogP contribution in [0.2, 0.25) is 0 Å². The topological polar surface area (TPSA) is 51.7 Å². The zero-order valence-electron chi connectivity index (χ0n) is 17.9. The molecule has 4 rings (SSSR count). The number of hydrogen-bond acceptors (Lipinski definition) is 2. The second-order valence-corrected chi connectivity index (χ2v) is 7.54. The fourth-order valence-electron chi connectivity index (χ4n) is 4.25. The van der Waals surface area contributed by atoms with Gasteiger partial charge in [0.05, 0.1) is 5.52 Å². The summed E-state index contributed by atoms with van der Waals surface area (Å²) in [6.07, 6.45) is 9.99. The number of benzene rings is 3. The van der Waals surface area contributed by atoms with E-state index < -0.39 is 0 Å². The van der Waals surface area contributed by atoms with E-state index in [1.165, 1.54) is 33.9 Å². The summed E-state index contributed by atoms with van der Waals surface area (Å²) >= 11 is 0. The van der Waals surface area contributed by atoms with Crippen molar-refractivity contribution in [2.24, 2.45) is 0 Å². The first kappa shape index (κ1) is 19.7. The molecule has 3 N–H and O–H groups in total. The average molecular weight is 394 g/mol. The molecule has 0 aliphatic heterocycles. The van der Waals surface area contributed by atoms with Crippen LogP contribution in [0.25, 0.3) is 34.0 Å². The third-order valence-electron chi connectivity index (χ3n) is 5.78. The minimum atomic E-state index is 0.892. The largest absolute Gasteiger partial charge is 0.355 e. The van der Waals surface area contributed by atoms with Crippen LogP contribution in [0.4, 0.5) is 11.4 Å². The predicted molar refractivity (Wildman–Crippen MR) is 132 cm³/mol.